The normalized spacial score (nSPS) is 11.9. The molecule has 224 valence electrons. The molecule has 0 unspecified atom stereocenters. The average Bonchev–Trinajstić information content (AvgIpc) is 3.60. The lowest BCUT2D eigenvalue weighted by molar-refractivity contribution is -0.123. The number of likely N-dealkylation sites (N-methyl/N-ethyl adjacent to an activating group) is 1. The van der Waals surface area contributed by atoms with Gasteiger partial charge in [-0.2, -0.15) is 5.10 Å². The van der Waals surface area contributed by atoms with Crippen LogP contribution in [0.3, 0.4) is 0 Å². The van der Waals surface area contributed by atoms with Gasteiger partial charge in [0.1, 0.15) is 11.5 Å². The number of anilines is 2. The Kier molecular flexibility index (Phi) is 7.60. The highest BCUT2D eigenvalue weighted by atomic mass is 19.1. The molecule has 0 fully saturated rings. The van der Waals surface area contributed by atoms with Gasteiger partial charge in [-0.05, 0) is 62.1 Å². The zero-order valence-corrected chi connectivity index (χ0v) is 25.4. The van der Waals surface area contributed by atoms with Gasteiger partial charge in [0.15, 0.2) is 0 Å². The van der Waals surface area contributed by atoms with Gasteiger partial charge in [-0.1, -0.05) is 32.9 Å². The number of nitrogens with one attached hydrogen (secondary N) is 4. The molecule has 0 radical (unpaired) electrons. The minimum absolute atomic E-state index is 0.0575. The summed E-state index contributed by atoms with van der Waals surface area (Å²) in [5.41, 5.74) is 7.22. The summed E-state index contributed by atoms with van der Waals surface area (Å²) in [5, 5.41) is 15.8. The fourth-order valence-electron chi connectivity index (χ4n) is 5.03. The monoisotopic (exact) mass is 590 g/mol. The van der Waals surface area contributed by atoms with Crippen LogP contribution in [0.15, 0.2) is 73.2 Å². The average molecular weight is 591 g/mol. The van der Waals surface area contributed by atoms with E-state index in [4.69, 9.17) is 0 Å². The predicted molar refractivity (Wildman–Crippen MR) is 175 cm³/mol. The summed E-state index contributed by atoms with van der Waals surface area (Å²) < 4.78 is 14.7. The fraction of sp³-hybridized carbons (Fsp3) is 0.235. The first-order valence-electron chi connectivity index (χ1n) is 14.5. The number of nitrogens with zero attached hydrogens (tertiary/aromatic N) is 4. The molecule has 0 aliphatic rings. The molecular weight excluding hydrogens is 555 g/mol. The molecular formula is C34H35FN8O. The summed E-state index contributed by atoms with van der Waals surface area (Å²) in [4.78, 5) is 27.2. The molecule has 6 aromatic rings. The van der Waals surface area contributed by atoms with Crippen molar-refractivity contribution in [2.45, 2.75) is 20.8 Å². The van der Waals surface area contributed by atoms with Crippen LogP contribution in [0.1, 0.15) is 20.8 Å². The lowest BCUT2D eigenvalue weighted by atomic mass is 9.95. The first-order valence-corrected chi connectivity index (χ1v) is 14.5. The number of aromatic nitrogens is 5. The highest BCUT2D eigenvalue weighted by molar-refractivity contribution is 6.01. The van der Waals surface area contributed by atoms with Crippen molar-refractivity contribution in [3.63, 3.8) is 0 Å². The molecule has 0 saturated heterocycles. The predicted octanol–water partition coefficient (Wildman–Crippen LogP) is 6.93. The van der Waals surface area contributed by atoms with Crippen LogP contribution in [0.5, 0.6) is 0 Å². The number of rotatable bonds is 8. The van der Waals surface area contributed by atoms with Crippen molar-refractivity contribution in [1.82, 2.24) is 30.0 Å². The Hall–Kier alpha value is -5.09. The SMILES string of the molecule is CN(C)CCNc1cc(F)cc(-c2cncc3[nH]c(-c4n[nH]c5cnc(-c6cccc(NC(=O)C(C)(C)C)c6)cc45)cc23)c1. The fourth-order valence-corrected chi connectivity index (χ4v) is 5.03. The number of hydrogen-bond donors (Lipinski definition) is 4. The first kappa shape index (κ1) is 29.0. The number of carbonyl (C=O) groups is 1. The van der Waals surface area contributed by atoms with Crippen LogP contribution in [0.2, 0.25) is 0 Å². The molecule has 0 spiro atoms. The number of benzene rings is 2. The molecule has 9 nitrogen and oxygen atoms in total. The lowest BCUT2D eigenvalue weighted by Gasteiger charge is -2.18. The molecule has 0 bridgehead atoms. The van der Waals surface area contributed by atoms with Crippen LogP contribution < -0.4 is 10.6 Å². The molecule has 1 amide bonds. The van der Waals surface area contributed by atoms with Gasteiger partial charge in [0, 0.05) is 58.0 Å². The summed E-state index contributed by atoms with van der Waals surface area (Å²) in [6, 6.07) is 16.6. The summed E-state index contributed by atoms with van der Waals surface area (Å²) >= 11 is 0. The molecule has 0 saturated carbocycles. The standard InChI is InChI=1S/C34H35FN8O/c1-34(2,3)33(44)39-23-8-6-7-20(12-23)28-16-26-31(19-38-28)41-42-32(26)29-15-25-27(17-36-18-30(25)40-29)21-11-22(35)14-24(13-21)37-9-10-43(4)5/h6-8,11-19,37,40H,9-10H2,1-5H3,(H,39,44)(H,41,42). The van der Waals surface area contributed by atoms with E-state index in [1.54, 1.807) is 18.6 Å². The quantitative estimate of drug-likeness (QED) is 0.153. The first-order chi connectivity index (χ1) is 21.0. The summed E-state index contributed by atoms with van der Waals surface area (Å²) in [6.45, 7) is 7.17. The number of halogens is 1. The number of carbonyl (C=O) groups excluding carboxylic acids is 1. The van der Waals surface area contributed by atoms with Crippen LogP contribution in [0.25, 0.3) is 55.6 Å². The number of aromatic amines is 2. The molecule has 4 heterocycles. The van der Waals surface area contributed by atoms with Crippen molar-refractivity contribution in [3.05, 3.63) is 79.0 Å². The minimum atomic E-state index is -0.506. The van der Waals surface area contributed by atoms with Crippen LogP contribution in [0, 0.1) is 11.2 Å². The molecule has 4 aromatic heterocycles. The molecule has 6 rings (SSSR count). The van der Waals surface area contributed by atoms with Gasteiger partial charge >= 0.3 is 0 Å². The topological polar surface area (TPSA) is 115 Å². The van der Waals surface area contributed by atoms with Gasteiger partial charge in [-0.3, -0.25) is 19.9 Å². The van der Waals surface area contributed by atoms with Crippen LogP contribution in [0.4, 0.5) is 15.8 Å². The number of fused-ring (bicyclic) bond motifs is 2. The maximum atomic E-state index is 14.7. The maximum Gasteiger partial charge on any atom is 0.229 e. The molecule has 0 aliphatic carbocycles. The van der Waals surface area contributed by atoms with E-state index in [1.807, 2.05) is 77.3 Å². The number of hydrogen-bond acceptors (Lipinski definition) is 6. The third-order valence-electron chi connectivity index (χ3n) is 7.44. The minimum Gasteiger partial charge on any atom is -0.384 e. The summed E-state index contributed by atoms with van der Waals surface area (Å²) in [6.07, 6.45) is 5.28. The molecule has 10 heteroatoms. The van der Waals surface area contributed by atoms with E-state index in [9.17, 15) is 9.18 Å². The number of pyridine rings is 2. The largest absolute Gasteiger partial charge is 0.384 e. The molecule has 0 aliphatic heterocycles. The van der Waals surface area contributed by atoms with Crippen molar-refractivity contribution < 1.29 is 9.18 Å². The van der Waals surface area contributed by atoms with E-state index in [0.717, 1.165) is 67.8 Å². The Labute approximate surface area is 254 Å². The second-order valence-corrected chi connectivity index (χ2v) is 12.3. The number of H-pyrrole nitrogens is 2. The zero-order chi connectivity index (χ0) is 31.0. The van der Waals surface area contributed by atoms with Crippen LogP contribution in [-0.2, 0) is 4.79 Å². The van der Waals surface area contributed by atoms with Crippen LogP contribution in [-0.4, -0.2) is 63.1 Å². The molecule has 44 heavy (non-hydrogen) atoms. The van der Waals surface area contributed by atoms with E-state index in [1.165, 1.54) is 12.1 Å². The third kappa shape index (κ3) is 6.02. The van der Waals surface area contributed by atoms with Crippen molar-refractivity contribution >= 4 is 39.1 Å². The van der Waals surface area contributed by atoms with E-state index in [0.29, 0.717) is 12.2 Å². The van der Waals surface area contributed by atoms with E-state index >= 15 is 0 Å². The van der Waals surface area contributed by atoms with Crippen molar-refractivity contribution in [2.24, 2.45) is 5.41 Å². The maximum absolute atomic E-state index is 14.7. The van der Waals surface area contributed by atoms with Gasteiger partial charge in [-0.25, -0.2) is 4.39 Å². The van der Waals surface area contributed by atoms with Gasteiger partial charge in [0.25, 0.3) is 0 Å². The Bertz CT molecular complexity index is 1990. The zero-order valence-electron chi connectivity index (χ0n) is 25.4. The molecule has 2 aromatic carbocycles. The van der Waals surface area contributed by atoms with Gasteiger partial charge < -0.3 is 20.5 Å². The Balaban J connectivity index is 1.35. The molecule has 0 atom stereocenters. The summed E-state index contributed by atoms with van der Waals surface area (Å²) in [7, 11) is 4.00. The van der Waals surface area contributed by atoms with Crippen LogP contribution >= 0.6 is 0 Å². The Morgan fingerprint density at radius 1 is 0.932 bits per heavy atom. The van der Waals surface area contributed by atoms with E-state index in [2.05, 4.69) is 40.7 Å². The molecule has 4 N–H and O–H groups in total. The second-order valence-electron chi connectivity index (χ2n) is 12.3. The highest BCUT2D eigenvalue weighted by Gasteiger charge is 2.21. The Morgan fingerprint density at radius 2 is 1.75 bits per heavy atom. The van der Waals surface area contributed by atoms with E-state index < -0.39 is 5.41 Å². The number of amides is 1. The Morgan fingerprint density at radius 3 is 2.55 bits per heavy atom. The smallest absolute Gasteiger partial charge is 0.229 e. The van der Waals surface area contributed by atoms with Crippen molar-refractivity contribution in [3.8, 4) is 33.8 Å². The second kappa shape index (κ2) is 11.5. The highest BCUT2D eigenvalue weighted by Crippen LogP contribution is 2.35. The van der Waals surface area contributed by atoms with Crippen molar-refractivity contribution in [1.29, 1.82) is 0 Å². The van der Waals surface area contributed by atoms with Gasteiger partial charge in [0.05, 0.1) is 34.8 Å². The lowest BCUT2D eigenvalue weighted by Crippen LogP contribution is -2.27. The van der Waals surface area contributed by atoms with Crippen molar-refractivity contribution in [2.75, 3.05) is 37.8 Å². The van der Waals surface area contributed by atoms with Gasteiger partial charge in [0.2, 0.25) is 5.91 Å². The van der Waals surface area contributed by atoms with E-state index in [-0.39, 0.29) is 11.7 Å². The third-order valence-corrected chi connectivity index (χ3v) is 7.44. The van der Waals surface area contributed by atoms with Gasteiger partial charge in [-0.15, -0.1) is 0 Å². The summed E-state index contributed by atoms with van der Waals surface area (Å²) in [5.74, 6) is -0.374.